The van der Waals surface area contributed by atoms with Crippen LogP contribution in [0.25, 0.3) is 0 Å². The van der Waals surface area contributed by atoms with Gasteiger partial charge in [0.1, 0.15) is 0 Å². The fourth-order valence-corrected chi connectivity index (χ4v) is 3.59. The van der Waals surface area contributed by atoms with E-state index in [4.69, 9.17) is 17.3 Å². The van der Waals surface area contributed by atoms with Crippen LogP contribution in [0.3, 0.4) is 0 Å². The van der Waals surface area contributed by atoms with Crippen molar-refractivity contribution in [3.63, 3.8) is 0 Å². The van der Waals surface area contributed by atoms with E-state index in [0.29, 0.717) is 6.42 Å². The van der Waals surface area contributed by atoms with Gasteiger partial charge < -0.3 is 5.73 Å². The largest absolute Gasteiger partial charge is 0.323 e. The van der Waals surface area contributed by atoms with Gasteiger partial charge in [-0.05, 0) is 35.6 Å². The molecule has 1 heterocycles. The molecule has 1 aromatic carbocycles. The van der Waals surface area contributed by atoms with Crippen LogP contribution in [0.2, 0.25) is 5.02 Å². The first-order valence-electron chi connectivity index (χ1n) is 6.31. The van der Waals surface area contributed by atoms with E-state index in [1.807, 2.05) is 18.2 Å². The van der Waals surface area contributed by atoms with Crippen molar-refractivity contribution in [2.45, 2.75) is 38.6 Å². The van der Waals surface area contributed by atoms with E-state index in [9.17, 15) is 0 Å². The second-order valence-electron chi connectivity index (χ2n) is 5.78. The van der Waals surface area contributed by atoms with Gasteiger partial charge in [0.05, 0.1) is 10.6 Å². The van der Waals surface area contributed by atoms with E-state index in [-0.39, 0.29) is 11.5 Å². The predicted octanol–water partition coefficient (Wildman–Crippen LogP) is 4.49. The molecule has 1 unspecified atom stereocenters. The second kappa shape index (κ2) is 6.10. The van der Waals surface area contributed by atoms with Crippen molar-refractivity contribution in [1.82, 2.24) is 9.59 Å². The van der Waals surface area contributed by atoms with Crippen LogP contribution in [-0.2, 0) is 11.8 Å². The lowest BCUT2D eigenvalue weighted by Crippen LogP contribution is -2.20. The Morgan fingerprint density at radius 3 is 2.70 bits per heavy atom. The van der Waals surface area contributed by atoms with Gasteiger partial charge >= 0.3 is 0 Å². The Labute approximate surface area is 136 Å². The third-order valence-electron chi connectivity index (χ3n) is 3.02. The first-order chi connectivity index (χ1) is 9.29. The highest BCUT2D eigenvalue weighted by Crippen LogP contribution is 2.32. The van der Waals surface area contributed by atoms with E-state index in [1.54, 1.807) is 0 Å². The minimum absolute atomic E-state index is 0.0521. The zero-order valence-electron chi connectivity index (χ0n) is 11.7. The third-order valence-corrected chi connectivity index (χ3v) is 4.72. The van der Waals surface area contributed by atoms with Crippen LogP contribution in [-0.4, -0.2) is 9.59 Å². The quantitative estimate of drug-likeness (QED) is 0.861. The van der Waals surface area contributed by atoms with Crippen LogP contribution in [0.5, 0.6) is 0 Å². The summed E-state index contributed by atoms with van der Waals surface area (Å²) >= 11 is 11.0. The average molecular weight is 375 g/mol. The van der Waals surface area contributed by atoms with Crippen LogP contribution in [0.15, 0.2) is 22.7 Å². The molecule has 6 heteroatoms. The van der Waals surface area contributed by atoms with Gasteiger partial charge in [0.2, 0.25) is 0 Å². The minimum Gasteiger partial charge on any atom is -0.323 e. The number of hydrogen-bond donors (Lipinski definition) is 1. The average Bonchev–Trinajstić information content (AvgIpc) is 2.81. The number of rotatable bonds is 3. The molecule has 2 aromatic rings. The maximum absolute atomic E-state index is 6.34. The molecule has 20 heavy (non-hydrogen) atoms. The van der Waals surface area contributed by atoms with Crippen LogP contribution >= 0.6 is 39.1 Å². The van der Waals surface area contributed by atoms with E-state index in [0.717, 1.165) is 25.6 Å². The maximum Gasteiger partial charge on any atom is 0.0857 e. The monoisotopic (exact) mass is 373 g/mol. The van der Waals surface area contributed by atoms with Crippen molar-refractivity contribution in [2.24, 2.45) is 5.73 Å². The van der Waals surface area contributed by atoms with Crippen molar-refractivity contribution in [3.8, 4) is 0 Å². The molecule has 108 valence electrons. The van der Waals surface area contributed by atoms with Crippen molar-refractivity contribution in [3.05, 3.63) is 43.8 Å². The zero-order chi connectivity index (χ0) is 14.9. The summed E-state index contributed by atoms with van der Waals surface area (Å²) in [5, 5.41) is 4.96. The van der Waals surface area contributed by atoms with Crippen LogP contribution in [0.1, 0.15) is 42.9 Å². The summed E-state index contributed by atoms with van der Waals surface area (Å²) in [6.07, 6.45) is 0.680. The summed E-state index contributed by atoms with van der Waals surface area (Å²) in [6, 6.07) is 5.73. The van der Waals surface area contributed by atoms with E-state index in [1.165, 1.54) is 11.5 Å². The molecule has 0 fully saturated rings. The Morgan fingerprint density at radius 2 is 2.10 bits per heavy atom. The second-order valence-corrected chi connectivity index (χ2v) is 7.89. The van der Waals surface area contributed by atoms with E-state index >= 15 is 0 Å². The summed E-state index contributed by atoms with van der Waals surface area (Å²) in [6.45, 7) is 6.35. The van der Waals surface area contributed by atoms with Gasteiger partial charge in [-0.3, -0.25) is 0 Å². The lowest BCUT2D eigenvalue weighted by atomic mass is 9.89. The minimum atomic E-state index is -0.136. The number of nitrogens with two attached hydrogens (primary N) is 1. The highest BCUT2D eigenvalue weighted by atomic mass is 79.9. The SMILES string of the molecule is CC(C)(C)c1nnsc1C(N)Cc1ccc(Br)cc1Cl. The fourth-order valence-electron chi connectivity index (χ4n) is 1.98. The summed E-state index contributed by atoms with van der Waals surface area (Å²) in [7, 11) is 0. The zero-order valence-corrected chi connectivity index (χ0v) is 14.8. The molecule has 0 saturated heterocycles. The highest BCUT2D eigenvalue weighted by Gasteiger charge is 2.26. The number of aromatic nitrogens is 2. The van der Waals surface area contributed by atoms with Crippen molar-refractivity contribution in [2.75, 3.05) is 0 Å². The number of benzene rings is 1. The van der Waals surface area contributed by atoms with Gasteiger partial charge in [-0.1, -0.05) is 58.9 Å². The summed E-state index contributed by atoms with van der Waals surface area (Å²) in [5.74, 6) is 0. The van der Waals surface area contributed by atoms with Gasteiger partial charge in [0.25, 0.3) is 0 Å². The molecule has 0 bridgehead atoms. The summed E-state index contributed by atoms with van der Waals surface area (Å²) in [5.41, 5.74) is 8.30. The summed E-state index contributed by atoms with van der Waals surface area (Å²) < 4.78 is 5.03. The van der Waals surface area contributed by atoms with Gasteiger partial charge in [-0.15, -0.1) is 5.10 Å². The number of nitrogens with zero attached hydrogens (tertiary/aromatic N) is 2. The molecule has 2 rings (SSSR count). The van der Waals surface area contributed by atoms with Gasteiger partial charge in [0.15, 0.2) is 0 Å². The molecule has 3 nitrogen and oxygen atoms in total. The van der Waals surface area contributed by atoms with Gasteiger partial charge in [-0.25, -0.2) is 0 Å². The Hall–Kier alpha value is -0.490. The van der Waals surface area contributed by atoms with Crippen molar-refractivity contribution >= 4 is 39.1 Å². The first kappa shape index (κ1) is 15.9. The maximum atomic E-state index is 6.34. The molecule has 0 aliphatic carbocycles. The van der Waals surface area contributed by atoms with Crippen molar-refractivity contribution in [1.29, 1.82) is 0 Å². The van der Waals surface area contributed by atoms with Crippen molar-refractivity contribution < 1.29 is 0 Å². The molecule has 0 aliphatic rings. The van der Waals surface area contributed by atoms with Crippen LogP contribution < -0.4 is 5.73 Å². The fraction of sp³-hybridized carbons (Fsp3) is 0.429. The van der Waals surface area contributed by atoms with Crippen LogP contribution in [0.4, 0.5) is 0 Å². The van der Waals surface area contributed by atoms with E-state index < -0.39 is 0 Å². The third kappa shape index (κ3) is 3.58. The molecular weight excluding hydrogens is 358 g/mol. The number of halogens is 2. The molecule has 2 N–H and O–H groups in total. The molecule has 1 aromatic heterocycles. The van der Waals surface area contributed by atoms with E-state index in [2.05, 4.69) is 46.3 Å². The van der Waals surface area contributed by atoms with Crippen LogP contribution in [0, 0.1) is 0 Å². The molecule has 1 atom stereocenters. The van der Waals surface area contributed by atoms with Gasteiger partial charge in [-0.2, -0.15) is 0 Å². The highest BCUT2D eigenvalue weighted by molar-refractivity contribution is 9.10. The lowest BCUT2D eigenvalue weighted by Gasteiger charge is -2.19. The normalized spacial score (nSPS) is 13.5. The Morgan fingerprint density at radius 1 is 1.40 bits per heavy atom. The Kier molecular flexibility index (Phi) is 4.84. The molecule has 0 radical (unpaired) electrons. The summed E-state index contributed by atoms with van der Waals surface area (Å²) in [4.78, 5) is 1.04. The Balaban J connectivity index is 2.25. The molecule has 0 spiro atoms. The molecule has 0 aliphatic heterocycles. The smallest absolute Gasteiger partial charge is 0.0857 e. The lowest BCUT2D eigenvalue weighted by molar-refractivity contribution is 0.550. The molecular formula is C14H17BrClN3S. The first-order valence-corrected chi connectivity index (χ1v) is 8.25. The topological polar surface area (TPSA) is 51.8 Å². The molecule has 0 saturated carbocycles. The van der Waals surface area contributed by atoms with Gasteiger partial charge in [0, 0.05) is 21.0 Å². The standard InChI is InChI=1S/C14H17BrClN3S/c1-14(2,3)13-12(20-19-18-13)11(17)6-8-4-5-9(15)7-10(8)16/h4-5,7,11H,6,17H2,1-3H3. The predicted molar refractivity (Wildman–Crippen MR) is 88.4 cm³/mol. The Bertz CT molecular complexity index is 607. The molecule has 0 amide bonds. The number of hydrogen-bond acceptors (Lipinski definition) is 4.